The topological polar surface area (TPSA) is 51.8 Å². The molecule has 4 heteroatoms. The highest BCUT2D eigenvalue weighted by Gasteiger charge is 2.51. The summed E-state index contributed by atoms with van der Waals surface area (Å²) in [5.41, 5.74) is 16.6. The molecular formula is C52H31N3O. The van der Waals surface area contributed by atoms with Crippen LogP contribution in [0.4, 0.5) is 0 Å². The first-order valence-electron chi connectivity index (χ1n) is 19.0. The molecule has 12 rings (SSSR count). The van der Waals surface area contributed by atoms with E-state index in [9.17, 15) is 0 Å². The molecule has 0 N–H and O–H groups in total. The summed E-state index contributed by atoms with van der Waals surface area (Å²) in [6, 6.07) is 66.8. The molecule has 0 bridgehead atoms. The van der Waals surface area contributed by atoms with Gasteiger partial charge in [0.15, 0.2) is 17.5 Å². The maximum Gasteiger partial charge on any atom is 0.164 e. The van der Waals surface area contributed by atoms with Crippen LogP contribution in [0.1, 0.15) is 22.3 Å². The minimum absolute atomic E-state index is 0.383. The highest BCUT2D eigenvalue weighted by molar-refractivity contribution is 6.06. The molecule has 1 spiro atoms. The molecule has 0 saturated carbocycles. The van der Waals surface area contributed by atoms with Gasteiger partial charge in [-0.3, -0.25) is 0 Å². The van der Waals surface area contributed by atoms with Gasteiger partial charge in [0.1, 0.15) is 11.2 Å². The van der Waals surface area contributed by atoms with Crippen molar-refractivity contribution in [1.29, 1.82) is 0 Å². The summed E-state index contributed by atoms with van der Waals surface area (Å²) in [6.07, 6.45) is 0. The van der Waals surface area contributed by atoms with E-state index in [2.05, 4.69) is 133 Å². The Kier molecular flexibility index (Phi) is 6.52. The minimum atomic E-state index is -0.383. The van der Waals surface area contributed by atoms with Crippen LogP contribution in [0.2, 0.25) is 0 Å². The van der Waals surface area contributed by atoms with Crippen LogP contribution in [0.5, 0.6) is 0 Å². The average molecular weight is 714 g/mol. The quantitative estimate of drug-likeness (QED) is 0.182. The zero-order valence-electron chi connectivity index (χ0n) is 30.1. The van der Waals surface area contributed by atoms with Crippen molar-refractivity contribution in [2.75, 3.05) is 0 Å². The zero-order valence-corrected chi connectivity index (χ0v) is 30.1. The van der Waals surface area contributed by atoms with E-state index in [0.717, 1.165) is 49.8 Å². The third kappa shape index (κ3) is 4.32. The molecule has 4 nitrogen and oxygen atoms in total. The monoisotopic (exact) mass is 713 g/mol. The highest BCUT2D eigenvalue weighted by Crippen LogP contribution is 2.63. The van der Waals surface area contributed by atoms with Gasteiger partial charge in [0.2, 0.25) is 0 Å². The van der Waals surface area contributed by atoms with Gasteiger partial charge in [0, 0.05) is 27.5 Å². The first-order chi connectivity index (χ1) is 27.8. The number of hydrogen-bond acceptors (Lipinski definition) is 4. The molecule has 0 radical (unpaired) electrons. The second-order valence-electron chi connectivity index (χ2n) is 14.7. The van der Waals surface area contributed by atoms with Crippen LogP contribution < -0.4 is 0 Å². The third-order valence-corrected chi connectivity index (χ3v) is 11.8. The molecule has 2 heterocycles. The second kappa shape index (κ2) is 11.8. The van der Waals surface area contributed by atoms with Crippen LogP contribution in [0.15, 0.2) is 192 Å². The van der Waals surface area contributed by atoms with Crippen LogP contribution in [0.25, 0.3) is 89.5 Å². The fraction of sp³-hybridized carbons (Fsp3) is 0.0192. The van der Waals surface area contributed by atoms with E-state index in [0.29, 0.717) is 17.5 Å². The van der Waals surface area contributed by atoms with E-state index < -0.39 is 0 Å². The van der Waals surface area contributed by atoms with E-state index in [1.54, 1.807) is 0 Å². The molecule has 0 saturated heterocycles. The van der Waals surface area contributed by atoms with Gasteiger partial charge in [-0.2, -0.15) is 0 Å². The Bertz CT molecular complexity index is 3170. The van der Waals surface area contributed by atoms with E-state index in [1.807, 2.05) is 54.6 Å². The van der Waals surface area contributed by atoms with Gasteiger partial charge in [-0.25, -0.2) is 15.0 Å². The number of hydrogen-bond donors (Lipinski definition) is 0. The molecule has 10 aromatic rings. The van der Waals surface area contributed by atoms with Gasteiger partial charge >= 0.3 is 0 Å². The SMILES string of the molecule is c1ccc(-c2nc(-c3ccc4c(c3)oc3ccccc34)nc(-c3ccccc3-c3ccc4c(c3)-c3ccccc3C43c4ccccc4-c4ccccc43)n2)cc1. The van der Waals surface area contributed by atoms with Crippen LogP contribution in [0.3, 0.4) is 0 Å². The second-order valence-corrected chi connectivity index (χ2v) is 14.7. The normalized spacial score (nSPS) is 13.1. The molecule has 2 aliphatic rings. The van der Waals surface area contributed by atoms with Gasteiger partial charge in [0.25, 0.3) is 0 Å². The first kappa shape index (κ1) is 31.0. The summed E-state index contributed by atoms with van der Waals surface area (Å²) in [4.78, 5) is 15.4. The standard InChI is InChI=1S/C52H31N3O/c1-2-14-32(15-3-1)49-53-50(34-26-28-40-39-20-9-13-25-47(39)56-48(40)31-34)55-51(54-49)41-21-5-4-16-35(41)33-27-29-46-42(30-33)38-19-8-12-24-45(38)52(46)43-22-10-6-17-36(43)37-18-7-11-23-44(37)52/h1-31H. The van der Waals surface area contributed by atoms with Gasteiger partial charge in [-0.05, 0) is 79.9 Å². The maximum atomic E-state index is 6.29. The maximum absolute atomic E-state index is 6.29. The Balaban J connectivity index is 1.05. The molecule has 8 aromatic carbocycles. The van der Waals surface area contributed by atoms with Crippen molar-refractivity contribution in [2.24, 2.45) is 0 Å². The van der Waals surface area contributed by atoms with Crippen LogP contribution in [0, 0.1) is 0 Å². The number of nitrogens with zero attached hydrogens (tertiary/aromatic N) is 3. The van der Waals surface area contributed by atoms with Crippen molar-refractivity contribution in [3.63, 3.8) is 0 Å². The lowest BCUT2D eigenvalue weighted by molar-refractivity contribution is 0.669. The number of para-hydroxylation sites is 1. The molecule has 0 fully saturated rings. The lowest BCUT2D eigenvalue weighted by Gasteiger charge is -2.30. The van der Waals surface area contributed by atoms with E-state index in [4.69, 9.17) is 19.4 Å². The minimum Gasteiger partial charge on any atom is -0.456 e. The molecule has 2 aliphatic carbocycles. The van der Waals surface area contributed by atoms with Gasteiger partial charge in [-0.15, -0.1) is 0 Å². The molecule has 2 aromatic heterocycles. The van der Waals surface area contributed by atoms with Crippen molar-refractivity contribution < 1.29 is 4.42 Å². The summed E-state index contributed by atoms with van der Waals surface area (Å²) >= 11 is 0. The Labute approximate surface area is 323 Å². The van der Waals surface area contributed by atoms with E-state index >= 15 is 0 Å². The van der Waals surface area contributed by atoms with Crippen molar-refractivity contribution in [1.82, 2.24) is 15.0 Å². The van der Waals surface area contributed by atoms with Gasteiger partial charge in [-0.1, -0.05) is 164 Å². The van der Waals surface area contributed by atoms with Crippen molar-refractivity contribution >= 4 is 21.9 Å². The number of benzene rings is 8. The molecule has 260 valence electrons. The van der Waals surface area contributed by atoms with E-state index in [-0.39, 0.29) is 5.41 Å². The number of rotatable bonds is 4. The number of fused-ring (bicyclic) bond motifs is 13. The Morgan fingerprint density at radius 3 is 1.52 bits per heavy atom. The van der Waals surface area contributed by atoms with Crippen LogP contribution >= 0.6 is 0 Å². The summed E-state index contributed by atoms with van der Waals surface area (Å²) in [5, 5.41) is 2.16. The van der Waals surface area contributed by atoms with E-state index in [1.165, 1.54) is 44.5 Å². The Morgan fingerprint density at radius 2 is 0.804 bits per heavy atom. The lowest BCUT2D eigenvalue weighted by Crippen LogP contribution is -2.25. The molecule has 0 unspecified atom stereocenters. The summed E-state index contributed by atoms with van der Waals surface area (Å²) in [6.45, 7) is 0. The summed E-state index contributed by atoms with van der Waals surface area (Å²) in [7, 11) is 0. The smallest absolute Gasteiger partial charge is 0.164 e. The fourth-order valence-corrected chi connectivity index (χ4v) is 9.40. The first-order valence-corrected chi connectivity index (χ1v) is 19.0. The zero-order chi connectivity index (χ0) is 36.8. The van der Waals surface area contributed by atoms with Gasteiger partial charge < -0.3 is 4.42 Å². The van der Waals surface area contributed by atoms with Crippen LogP contribution in [-0.2, 0) is 5.41 Å². The molecule has 0 aliphatic heterocycles. The molecule has 0 amide bonds. The predicted molar refractivity (Wildman–Crippen MR) is 225 cm³/mol. The number of aromatic nitrogens is 3. The Hall–Kier alpha value is -7.43. The van der Waals surface area contributed by atoms with Crippen molar-refractivity contribution in [3.8, 4) is 67.5 Å². The van der Waals surface area contributed by atoms with Crippen molar-refractivity contribution in [3.05, 3.63) is 210 Å². The van der Waals surface area contributed by atoms with Crippen molar-refractivity contribution in [2.45, 2.75) is 5.41 Å². The predicted octanol–water partition coefficient (Wildman–Crippen LogP) is 12.8. The average Bonchev–Trinajstić information content (AvgIpc) is 3.90. The summed E-state index contributed by atoms with van der Waals surface area (Å²) < 4.78 is 6.29. The highest BCUT2D eigenvalue weighted by atomic mass is 16.3. The molecule has 56 heavy (non-hydrogen) atoms. The lowest BCUT2D eigenvalue weighted by atomic mass is 9.70. The molecule has 0 atom stereocenters. The molecular weight excluding hydrogens is 683 g/mol. The largest absolute Gasteiger partial charge is 0.456 e. The van der Waals surface area contributed by atoms with Crippen LogP contribution in [-0.4, -0.2) is 15.0 Å². The summed E-state index contributed by atoms with van der Waals surface area (Å²) in [5.74, 6) is 1.83. The third-order valence-electron chi connectivity index (χ3n) is 11.8. The Morgan fingerprint density at radius 1 is 0.304 bits per heavy atom. The fourth-order valence-electron chi connectivity index (χ4n) is 9.40. The number of furan rings is 1. The van der Waals surface area contributed by atoms with Gasteiger partial charge in [0.05, 0.1) is 5.41 Å².